The van der Waals surface area contributed by atoms with Gasteiger partial charge in [-0.05, 0) is 18.2 Å². The van der Waals surface area contributed by atoms with Gasteiger partial charge in [0.1, 0.15) is 22.9 Å². The molecule has 1 aromatic carbocycles. The molecule has 2 aromatic heterocycles. The number of nitrogens with zero attached hydrogens (tertiary/aromatic N) is 1. The summed E-state index contributed by atoms with van der Waals surface area (Å²) >= 11 is 0. The Kier molecular flexibility index (Phi) is 4.21. The van der Waals surface area contributed by atoms with Crippen molar-refractivity contribution in [2.24, 2.45) is 0 Å². The van der Waals surface area contributed by atoms with Crippen LogP contribution in [0.25, 0.3) is 11.0 Å². The highest BCUT2D eigenvalue weighted by molar-refractivity contribution is 5.87. The summed E-state index contributed by atoms with van der Waals surface area (Å²) in [6.45, 7) is -0.234. The van der Waals surface area contributed by atoms with E-state index >= 15 is 0 Å². The number of ether oxygens (including phenoxy) is 2. The summed E-state index contributed by atoms with van der Waals surface area (Å²) in [5.41, 5.74) is 0.0929. The van der Waals surface area contributed by atoms with Gasteiger partial charge in [-0.15, -0.1) is 0 Å². The minimum Gasteiger partial charge on any atom is -0.497 e. The highest BCUT2D eigenvalue weighted by Gasteiger charge is 2.19. The number of rotatable bonds is 5. The summed E-state index contributed by atoms with van der Waals surface area (Å²) in [5.74, 6) is -1.25. The average Bonchev–Trinajstić information content (AvgIpc) is 3.09. The predicted molar refractivity (Wildman–Crippen MR) is 83.5 cm³/mol. The van der Waals surface area contributed by atoms with Crippen molar-refractivity contribution >= 4 is 22.8 Å². The molecule has 9 nitrogen and oxygen atoms in total. The Labute approximate surface area is 139 Å². The first-order valence-corrected chi connectivity index (χ1v) is 7.00. The van der Waals surface area contributed by atoms with Gasteiger partial charge in [0, 0.05) is 23.1 Å². The number of carbonyl (C=O) groups is 1. The lowest BCUT2D eigenvalue weighted by Crippen LogP contribution is -2.07. The van der Waals surface area contributed by atoms with Crippen molar-refractivity contribution in [1.29, 1.82) is 0 Å². The number of hydrogen-bond acceptors (Lipinski definition) is 8. The van der Waals surface area contributed by atoms with Crippen molar-refractivity contribution < 1.29 is 28.0 Å². The number of methoxy groups -OCH3 is 1. The molecule has 0 radical (unpaired) electrons. The monoisotopic (exact) mass is 345 g/mol. The van der Waals surface area contributed by atoms with E-state index in [1.165, 1.54) is 19.2 Å². The Morgan fingerprint density at radius 2 is 2.00 bits per heavy atom. The maximum Gasteiger partial charge on any atom is 0.433 e. The highest BCUT2D eigenvalue weighted by Crippen LogP contribution is 2.23. The van der Waals surface area contributed by atoms with Crippen molar-refractivity contribution in [1.82, 2.24) is 0 Å². The molecule has 3 rings (SSSR count). The van der Waals surface area contributed by atoms with E-state index in [4.69, 9.17) is 18.3 Å². The molecule has 0 aliphatic heterocycles. The van der Waals surface area contributed by atoms with E-state index < -0.39 is 22.4 Å². The van der Waals surface area contributed by atoms with Crippen molar-refractivity contribution in [2.45, 2.75) is 6.61 Å². The van der Waals surface area contributed by atoms with Gasteiger partial charge in [0.25, 0.3) is 0 Å². The summed E-state index contributed by atoms with van der Waals surface area (Å²) in [5, 5.41) is 11.1. The van der Waals surface area contributed by atoms with E-state index in [2.05, 4.69) is 0 Å². The van der Waals surface area contributed by atoms with Crippen LogP contribution in [0.5, 0.6) is 5.75 Å². The SMILES string of the molecule is COc1ccc2c(COC(=O)c3ccc([N+](=O)[O-])o3)cc(=O)oc2c1. The second-order valence-electron chi connectivity index (χ2n) is 4.92. The van der Waals surface area contributed by atoms with Crippen LogP contribution in [0.4, 0.5) is 5.88 Å². The molecule has 0 fully saturated rings. The molecule has 0 spiro atoms. The van der Waals surface area contributed by atoms with E-state index in [-0.39, 0.29) is 18.0 Å². The second-order valence-corrected chi connectivity index (χ2v) is 4.92. The van der Waals surface area contributed by atoms with Gasteiger partial charge in [-0.2, -0.15) is 0 Å². The fourth-order valence-electron chi connectivity index (χ4n) is 2.21. The summed E-state index contributed by atoms with van der Waals surface area (Å²) < 4.78 is 20.0. The van der Waals surface area contributed by atoms with Crippen LogP contribution in [0.2, 0.25) is 0 Å². The number of fused-ring (bicyclic) bond motifs is 1. The molecule has 9 heteroatoms. The molecule has 128 valence electrons. The third kappa shape index (κ3) is 3.34. The molecule has 0 bridgehead atoms. The van der Waals surface area contributed by atoms with E-state index in [0.29, 0.717) is 16.7 Å². The molecular weight excluding hydrogens is 334 g/mol. The molecule has 0 saturated carbocycles. The third-order valence-electron chi connectivity index (χ3n) is 3.37. The van der Waals surface area contributed by atoms with Crippen LogP contribution in [-0.2, 0) is 11.3 Å². The van der Waals surface area contributed by atoms with Gasteiger partial charge in [-0.1, -0.05) is 0 Å². The van der Waals surface area contributed by atoms with Crippen LogP contribution >= 0.6 is 0 Å². The standard InChI is InChI=1S/C16H11NO8/c1-22-10-2-3-11-9(6-15(18)25-13(11)7-10)8-23-16(19)12-4-5-14(24-12)17(20)21/h2-7H,8H2,1H3. The Hall–Kier alpha value is -3.62. The van der Waals surface area contributed by atoms with Crippen LogP contribution in [0.1, 0.15) is 16.1 Å². The average molecular weight is 345 g/mol. The smallest absolute Gasteiger partial charge is 0.433 e. The predicted octanol–water partition coefficient (Wildman–Crippen LogP) is 2.66. The number of furan rings is 1. The van der Waals surface area contributed by atoms with Gasteiger partial charge < -0.3 is 18.3 Å². The van der Waals surface area contributed by atoms with Crippen LogP contribution in [-0.4, -0.2) is 18.0 Å². The summed E-state index contributed by atoms with van der Waals surface area (Å²) in [6, 6.07) is 8.27. The quantitative estimate of drug-likeness (QED) is 0.299. The molecule has 25 heavy (non-hydrogen) atoms. The lowest BCUT2D eigenvalue weighted by Gasteiger charge is -2.07. The molecular formula is C16H11NO8. The first kappa shape index (κ1) is 16.2. The zero-order valence-corrected chi connectivity index (χ0v) is 12.9. The molecule has 0 saturated heterocycles. The van der Waals surface area contributed by atoms with Gasteiger partial charge in [0.2, 0.25) is 5.76 Å². The van der Waals surface area contributed by atoms with Gasteiger partial charge in [-0.3, -0.25) is 10.1 Å². The topological polar surface area (TPSA) is 122 Å². The van der Waals surface area contributed by atoms with Gasteiger partial charge >= 0.3 is 17.5 Å². The fraction of sp³-hybridized carbons (Fsp3) is 0.125. The van der Waals surface area contributed by atoms with Crippen molar-refractivity contribution in [3.05, 3.63) is 68.3 Å². The molecule has 0 unspecified atom stereocenters. The number of hydrogen-bond donors (Lipinski definition) is 0. The fourth-order valence-corrected chi connectivity index (χ4v) is 2.21. The Morgan fingerprint density at radius 3 is 2.68 bits per heavy atom. The molecule has 0 amide bonds. The second kappa shape index (κ2) is 6.48. The minimum atomic E-state index is -0.886. The number of benzene rings is 1. The van der Waals surface area contributed by atoms with Crippen molar-refractivity contribution in [2.75, 3.05) is 7.11 Å². The third-order valence-corrected chi connectivity index (χ3v) is 3.37. The van der Waals surface area contributed by atoms with Crippen LogP contribution < -0.4 is 10.4 Å². The summed E-state index contributed by atoms with van der Waals surface area (Å²) in [7, 11) is 1.48. The van der Waals surface area contributed by atoms with Crippen LogP contribution in [0, 0.1) is 10.1 Å². The van der Waals surface area contributed by atoms with Gasteiger partial charge in [0.05, 0.1) is 13.2 Å². The molecule has 2 heterocycles. The number of carbonyl (C=O) groups excluding carboxylic acids is 1. The first-order valence-electron chi connectivity index (χ1n) is 7.00. The number of esters is 1. The molecule has 0 atom stereocenters. The zero-order chi connectivity index (χ0) is 18.0. The normalized spacial score (nSPS) is 10.6. The lowest BCUT2D eigenvalue weighted by molar-refractivity contribution is -0.402. The lowest BCUT2D eigenvalue weighted by atomic mass is 10.1. The van der Waals surface area contributed by atoms with Crippen molar-refractivity contribution in [3.8, 4) is 5.75 Å². The molecule has 0 aliphatic rings. The first-order chi connectivity index (χ1) is 12.0. The van der Waals surface area contributed by atoms with E-state index in [1.807, 2.05) is 0 Å². The van der Waals surface area contributed by atoms with E-state index in [1.54, 1.807) is 12.1 Å². The Bertz CT molecular complexity index is 1020. The van der Waals surface area contributed by atoms with Gasteiger partial charge in [-0.25, -0.2) is 9.59 Å². The minimum absolute atomic E-state index is 0.234. The van der Waals surface area contributed by atoms with Crippen molar-refractivity contribution in [3.63, 3.8) is 0 Å². The van der Waals surface area contributed by atoms with Crippen LogP contribution in [0.15, 0.2) is 50.0 Å². The molecule has 0 N–H and O–H groups in total. The number of nitro groups is 1. The zero-order valence-electron chi connectivity index (χ0n) is 12.9. The van der Waals surface area contributed by atoms with E-state index in [9.17, 15) is 19.7 Å². The maximum absolute atomic E-state index is 11.9. The Balaban J connectivity index is 1.83. The summed E-state index contributed by atoms with van der Waals surface area (Å²) in [6.07, 6.45) is 0. The van der Waals surface area contributed by atoms with E-state index in [0.717, 1.165) is 12.1 Å². The Morgan fingerprint density at radius 1 is 1.20 bits per heavy atom. The summed E-state index contributed by atoms with van der Waals surface area (Å²) in [4.78, 5) is 33.4. The molecule has 0 aliphatic carbocycles. The molecule has 3 aromatic rings. The van der Waals surface area contributed by atoms with Crippen LogP contribution in [0.3, 0.4) is 0 Å². The largest absolute Gasteiger partial charge is 0.497 e. The maximum atomic E-state index is 11.9. The van der Waals surface area contributed by atoms with Gasteiger partial charge in [0.15, 0.2) is 0 Å². The highest BCUT2D eigenvalue weighted by atomic mass is 16.7.